The first-order chi connectivity index (χ1) is 6.31. The van der Waals surface area contributed by atoms with E-state index in [0.29, 0.717) is 4.57 Å². The van der Waals surface area contributed by atoms with Crippen molar-refractivity contribution in [3.63, 3.8) is 0 Å². The summed E-state index contributed by atoms with van der Waals surface area (Å²) in [7, 11) is 0. The highest BCUT2D eigenvalue weighted by Crippen LogP contribution is 2.18. The van der Waals surface area contributed by atoms with Crippen LogP contribution in [-0.4, -0.2) is 15.7 Å². The van der Waals surface area contributed by atoms with Crippen molar-refractivity contribution in [1.82, 2.24) is 9.55 Å². The summed E-state index contributed by atoms with van der Waals surface area (Å²) < 4.78 is 36.0. The van der Waals surface area contributed by atoms with Crippen molar-refractivity contribution in [2.75, 3.05) is 0 Å². The van der Waals surface area contributed by atoms with E-state index in [2.05, 4.69) is 20.9 Å². The van der Waals surface area contributed by atoms with Gasteiger partial charge in [-0.1, -0.05) is 11.6 Å². The maximum Gasteiger partial charge on any atom is 0.406 e. The lowest BCUT2D eigenvalue weighted by molar-refractivity contribution is -0.141. The summed E-state index contributed by atoms with van der Waals surface area (Å²) >= 11 is 8.15. The molecule has 0 aliphatic heterocycles. The smallest absolute Gasteiger partial charge is 0.289 e. The van der Waals surface area contributed by atoms with Gasteiger partial charge in [0.2, 0.25) is 0 Å². The van der Waals surface area contributed by atoms with Crippen LogP contribution in [0.5, 0.6) is 0 Å². The molecule has 14 heavy (non-hydrogen) atoms. The topological polar surface area (TPSA) is 34.9 Å². The third kappa shape index (κ3) is 2.71. The van der Waals surface area contributed by atoms with Crippen LogP contribution in [0.15, 0.2) is 15.6 Å². The molecule has 1 heterocycles. The van der Waals surface area contributed by atoms with Crippen LogP contribution in [0.3, 0.4) is 0 Å². The lowest BCUT2D eigenvalue weighted by Crippen LogP contribution is -2.28. The second-order valence-electron chi connectivity index (χ2n) is 2.40. The fourth-order valence-corrected chi connectivity index (χ4v) is 1.20. The van der Waals surface area contributed by atoms with Crippen LogP contribution < -0.4 is 5.56 Å². The van der Waals surface area contributed by atoms with E-state index in [4.69, 9.17) is 11.6 Å². The third-order valence-electron chi connectivity index (χ3n) is 1.29. The molecule has 0 atom stereocenters. The lowest BCUT2D eigenvalue weighted by atomic mass is 10.5. The van der Waals surface area contributed by atoms with E-state index in [1.807, 2.05) is 0 Å². The van der Waals surface area contributed by atoms with Crippen molar-refractivity contribution in [3.8, 4) is 0 Å². The zero-order valence-corrected chi connectivity index (χ0v) is 8.82. The summed E-state index contributed by atoms with van der Waals surface area (Å²) in [6, 6.07) is 0. The van der Waals surface area contributed by atoms with Gasteiger partial charge in [-0.3, -0.25) is 9.36 Å². The number of nitrogens with zero attached hydrogens (tertiary/aromatic N) is 2. The SMILES string of the molecule is O=c1c(Br)c(Cl)ncn1CC(F)(F)F. The van der Waals surface area contributed by atoms with Gasteiger partial charge in [-0.05, 0) is 15.9 Å². The summed E-state index contributed by atoms with van der Waals surface area (Å²) in [6.45, 7) is -1.38. The van der Waals surface area contributed by atoms with Crippen LogP contribution in [0, 0.1) is 0 Å². The molecule has 0 saturated carbocycles. The van der Waals surface area contributed by atoms with Crippen molar-refractivity contribution in [3.05, 3.63) is 26.3 Å². The van der Waals surface area contributed by atoms with E-state index in [1.165, 1.54) is 0 Å². The zero-order valence-electron chi connectivity index (χ0n) is 6.48. The molecule has 0 aromatic carbocycles. The van der Waals surface area contributed by atoms with Gasteiger partial charge in [0.25, 0.3) is 5.56 Å². The van der Waals surface area contributed by atoms with Crippen molar-refractivity contribution >= 4 is 27.5 Å². The Labute approximate surface area is 89.6 Å². The summed E-state index contributed by atoms with van der Waals surface area (Å²) in [5, 5.41) is -0.159. The van der Waals surface area contributed by atoms with Gasteiger partial charge in [0.05, 0.1) is 6.33 Å². The minimum absolute atomic E-state index is 0.159. The minimum Gasteiger partial charge on any atom is -0.289 e. The Kier molecular flexibility index (Phi) is 3.20. The second-order valence-corrected chi connectivity index (χ2v) is 3.55. The van der Waals surface area contributed by atoms with Gasteiger partial charge in [0.15, 0.2) is 5.15 Å². The Hall–Kier alpha value is -0.560. The molecule has 1 aromatic heterocycles. The molecule has 8 heteroatoms. The number of aromatic nitrogens is 2. The largest absolute Gasteiger partial charge is 0.406 e. The molecule has 0 unspecified atom stereocenters. The van der Waals surface area contributed by atoms with Crippen LogP contribution >= 0.6 is 27.5 Å². The Bertz CT molecular complexity index is 403. The first kappa shape index (κ1) is 11.5. The molecule has 0 spiro atoms. The molecule has 0 N–H and O–H groups in total. The molecule has 0 fully saturated rings. The average Bonchev–Trinajstić information content (AvgIpc) is 2.04. The Morgan fingerprint density at radius 1 is 1.57 bits per heavy atom. The van der Waals surface area contributed by atoms with Gasteiger partial charge in [-0.2, -0.15) is 13.2 Å². The Balaban J connectivity index is 3.13. The van der Waals surface area contributed by atoms with Crippen LogP contribution in [0.4, 0.5) is 13.2 Å². The van der Waals surface area contributed by atoms with Gasteiger partial charge in [-0.25, -0.2) is 4.98 Å². The Morgan fingerprint density at radius 3 is 2.64 bits per heavy atom. The predicted octanol–water partition coefficient (Wildman–Crippen LogP) is 2.22. The van der Waals surface area contributed by atoms with E-state index >= 15 is 0 Å². The highest BCUT2D eigenvalue weighted by Gasteiger charge is 2.28. The van der Waals surface area contributed by atoms with E-state index < -0.39 is 18.3 Å². The molecular formula is C6H3BrClF3N2O. The second kappa shape index (κ2) is 3.90. The van der Waals surface area contributed by atoms with Crippen molar-refractivity contribution in [1.29, 1.82) is 0 Å². The van der Waals surface area contributed by atoms with E-state index in [0.717, 1.165) is 6.33 Å². The molecule has 0 radical (unpaired) electrons. The zero-order chi connectivity index (χ0) is 10.9. The minimum atomic E-state index is -4.46. The van der Waals surface area contributed by atoms with E-state index in [1.54, 1.807) is 0 Å². The molecule has 1 rings (SSSR count). The van der Waals surface area contributed by atoms with Gasteiger partial charge in [0, 0.05) is 0 Å². The first-order valence-electron chi connectivity index (χ1n) is 3.28. The van der Waals surface area contributed by atoms with Crippen LogP contribution in [0.25, 0.3) is 0 Å². The normalized spacial score (nSPS) is 11.8. The van der Waals surface area contributed by atoms with Gasteiger partial charge < -0.3 is 0 Å². The average molecular weight is 291 g/mol. The van der Waals surface area contributed by atoms with Crippen LogP contribution in [0.2, 0.25) is 5.15 Å². The molecular weight excluding hydrogens is 288 g/mol. The number of rotatable bonds is 1. The Morgan fingerprint density at radius 2 is 2.14 bits per heavy atom. The summed E-state index contributed by atoms with van der Waals surface area (Å²) in [5.41, 5.74) is -0.859. The molecule has 0 saturated heterocycles. The number of hydrogen-bond acceptors (Lipinski definition) is 2. The predicted molar refractivity (Wildman–Crippen MR) is 47.3 cm³/mol. The van der Waals surface area contributed by atoms with Gasteiger partial charge >= 0.3 is 6.18 Å². The van der Waals surface area contributed by atoms with Gasteiger partial charge in [-0.15, -0.1) is 0 Å². The highest BCUT2D eigenvalue weighted by atomic mass is 79.9. The quantitative estimate of drug-likeness (QED) is 0.744. The van der Waals surface area contributed by atoms with E-state index in [9.17, 15) is 18.0 Å². The molecule has 0 bridgehead atoms. The lowest BCUT2D eigenvalue weighted by Gasteiger charge is -2.08. The first-order valence-corrected chi connectivity index (χ1v) is 4.45. The highest BCUT2D eigenvalue weighted by molar-refractivity contribution is 9.10. The standard InChI is InChI=1S/C6H3BrClF3N2O/c7-3-4(8)12-2-13(5(3)14)1-6(9,10)11/h2H,1H2. The molecule has 78 valence electrons. The van der Waals surface area contributed by atoms with Crippen LogP contribution in [-0.2, 0) is 6.54 Å². The van der Waals surface area contributed by atoms with Gasteiger partial charge in [0.1, 0.15) is 11.0 Å². The monoisotopic (exact) mass is 290 g/mol. The number of alkyl halides is 3. The van der Waals surface area contributed by atoms with Crippen molar-refractivity contribution in [2.24, 2.45) is 0 Å². The molecule has 3 nitrogen and oxygen atoms in total. The maximum absolute atomic E-state index is 11.9. The van der Waals surface area contributed by atoms with Crippen molar-refractivity contribution in [2.45, 2.75) is 12.7 Å². The van der Waals surface area contributed by atoms with Crippen molar-refractivity contribution < 1.29 is 13.2 Å². The number of hydrogen-bond donors (Lipinski definition) is 0. The van der Waals surface area contributed by atoms with E-state index in [-0.39, 0.29) is 9.63 Å². The number of halogens is 5. The summed E-state index contributed by atoms with van der Waals surface area (Å²) in [6.07, 6.45) is -3.71. The van der Waals surface area contributed by atoms with Crippen LogP contribution in [0.1, 0.15) is 0 Å². The third-order valence-corrected chi connectivity index (χ3v) is 2.52. The fourth-order valence-electron chi connectivity index (χ4n) is 0.750. The summed E-state index contributed by atoms with van der Waals surface area (Å²) in [5.74, 6) is 0. The molecule has 1 aromatic rings. The molecule has 0 aliphatic carbocycles. The maximum atomic E-state index is 11.9. The summed E-state index contributed by atoms with van der Waals surface area (Å²) in [4.78, 5) is 14.6. The molecule has 0 amide bonds. The molecule has 0 aliphatic rings. The fraction of sp³-hybridized carbons (Fsp3) is 0.333.